The number of rotatable bonds is 3. The Bertz CT molecular complexity index is 1060. The molecule has 0 bridgehead atoms. The van der Waals surface area contributed by atoms with Crippen molar-refractivity contribution >= 4 is 11.9 Å². The second-order valence-electron chi connectivity index (χ2n) is 9.52. The van der Waals surface area contributed by atoms with Gasteiger partial charge in [0.25, 0.3) is 5.56 Å². The smallest absolute Gasteiger partial charge is 0.267 e. The highest BCUT2D eigenvalue weighted by Gasteiger charge is 2.30. The number of hydrogen-bond acceptors (Lipinski definition) is 6. The normalized spacial score (nSPS) is 22.9. The number of amides is 1. The lowest BCUT2D eigenvalue weighted by Gasteiger charge is -2.39. The summed E-state index contributed by atoms with van der Waals surface area (Å²) >= 11 is 0. The Balaban J connectivity index is 1.43. The summed E-state index contributed by atoms with van der Waals surface area (Å²) in [5, 5.41) is 4.64. The number of aromatic nitrogens is 4. The molecule has 2 saturated heterocycles. The third-order valence-electron chi connectivity index (χ3n) is 7.22. The summed E-state index contributed by atoms with van der Waals surface area (Å²) in [5.74, 6) is 0.760. The molecule has 2 aliphatic heterocycles. The quantitative estimate of drug-likeness (QED) is 0.735. The average Bonchev–Trinajstić information content (AvgIpc) is 2.79. The van der Waals surface area contributed by atoms with Gasteiger partial charge in [0.05, 0.1) is 11.4 Å². The van der Waals surface area contributed by atoms with Crippen LogP contribution in [0.2, 0.25) is 0 Å². The van der Waals surface area contributed by atoms with Gasteiger partial charge in [0.2, 0.25) is 11.9 Å². The number of carbonyl (C=O) groups excluding carboxylic acids is 1. The number of likely N-dealkylation sites (tertiary alicyclic amines) is 1. The van der Waals surface area contributed by atoms with Gasteiger partial charge in [-0.2, -0.15) is 5.10 Å². The van der Waals surface area contributed by atoms with Gasteiger partial charge in [0.1, 0.15) is 6.54 Å². The minimum Gasteiger partial charge on any atom is -0.341 e. The topological polar surface area (TPSA) is 84.2 Å². The largest absolute Gasteiger partial charge is 0.341 e. The first-order chi connectivity index (χ1) is 15.5. The second kappa shape index (κ2) is 8.64. The van der Waals surface area contributed by atoms with E-state index in [-0.39, 0.29) is 30.1 Å². The van der Waals surface area contributed by atoms with E-state index in [1.54, 1.807) is 6.07 Å². The standard InChI is InChI=1S/C24H32N6O2/c1-16-7-6-8-17(2)30(16)22(32)15-29-21(31)13-18-9-10-20-19(23(18)27-29)14-25-24(26-20)28-11-4-3-5-12-28/h13-14,16-17H,3-12,15H2,1-2H3/t16-,17-/m1/s1. The fraction of sp³-hybridized carbons (Fsp3) is 0.625. The highest BCUT2D eigenvalue weighted by atomic mass is 16.2. The molecule has 2 aromatic heterocycles. The van der Waals surface area contributed by atoms with Crippen LogP contribution in [0.4, 0.5) is 5.95 Å². The Morgan fingerprint density at radius 2 is 1.81 bits per heavy atom. The molecular weight excluding hydrogens is 404 g/mol. The zero-order valence-electron chi connectivity index (χ0n) is 19.1. The first kappa shape index (κ1) is 21.1. The monoisotopic (exact) mass is 436 g/mol. The molecule has 0 N–H and O–H groups in total. The van der Waals surface area contributed by atoms with E-state index >= 15 is 0 Å². The molecule has 8 heteroatoms. The van der Waals surface area contributed by atoms with Gasteiger partial charge in [-0.15, -0.1) is 0 Å². The van der Waals surface area contributed by atoms with E-state index < -0.39 is 0 Å². The van der Waals surface area contributed by atoms with Crippen LogP contribution in [0.1, 0.15) is 63.6 Å². The molecule has 2 fully saturated rings. The molecule has 0 saturated carbocycles. The third kappa shape index (κ3) is 3.91. The lowest BCUT2D eigenvalue weighted by molar-refractivity contribution is -0.138. The van der Waals surface area contributed by atoms with Crippen LogP contribution >= 0.6 is 0 Å². The van der Waals surface area contributed by atoms with Gasteiger partial charge in [0.15, 0.2) is 0 Å². The Labute approximate surface area is 188 Å². The summed E-state index contributed by atoms with van der Waals surface area (Å²) in [7, 11) is 0. The number of piperidine rings is 2. The fourth-order valence-electron chi connectivity index (χ4n) is 5.47. The van der Waals surface area contributed by atoms with E-state index in [4.69, 9.17) is 4.98 Å². The third-order valence-corrected chi connectivity index (χ3v) is 7.22. The zero-order valence-corrected chi connectivity index (χ0v) is 19.1. The van der Waals surface area contributed by atoms with Crippen molar-refractivity contribution in [2.45, 2.75) is 83.8 Å². The molecule has 2 atom stereocenters. The van der Waals surface area contributed by atoms with E-state index in [9.17, 15) is 9.59 Å². The molecule has 2 aromatic rings. The molecule has 5 rings (SSSR count). The van der Waals surface area contributed by atoms with Crippen LogP contribution in [-0.2, 0) is 24.2 Å². The lowest BCUT2D eigenvalue weighted by atomic mass is 9.94. The molecule has 1 amide bonds. The van der Waals surface area contributed by atoms with Crippen molar-refractivity contribution in [2.75, 3.05) is 18.0 Å². The minimum atomic E-state index is -0.219. The maximum absolute atomic E-state index is 13.1. The van der Waals surface area contributed by atoms with Crippen LogP contribution in [0, 0.1) is 0 Å². The summed E-state index contributed by atoms with van der Waals surface area (Å²) in [6, 6.07) is 2.03. The molecule has 0 aromatic carbocycles. The van der Waals surface area contributed by atoms with Crippen molar-refractivity contribution in [2.24, 2.45) is 0 Å². The minimum absolute atomic E-state index is 0.0250. The first-order valence-corrected chi connectivity index (χ1v) is 12.0. The molecule has 170 valence electrons. The summed E-state index contributed by atoms with van der Waals surface area (Å²) in [6.45, 7) is 6.16. The summed E-state index contributed by atoms with van der Waals surface area (Å²) in [5.41, 5.74) is 3.30. The van der Waals surface area contributed by atoms with E-state index in [0.29, 0.717) is 0 Å². The van der Waals surface area contributed by atoms with E-state index in [2.05, 4.69) is 28.8 Å². The molecule has 3 aliphatic rings. The van der Waals surface area contributed by atoms with E-state index in [1.165, 1.54) is 23.9 Å². The number of aryl methyl sites for hydroxylation is 2. The molecule has 0 spiro atoms. The van der Waals surface area contributed by atoms with Crippen molar-refractivity contribution in [1.82, 2.24) is 24.6 Å². The van der Waals surface area contributed by atoms with Crippen LogP contribution in [0.15, 0.2) is 17.1 Å². The van der Waals surface area contributed by atoms with Crippen LogP contribution in [0.3, 0.4) is 0 Å². The Morgan fingerprint density at radius 3 is 2.56 bits per heavy atom. The Morgan fingerprint density at radius 1 is 1.06 bits per heavy atom. The SMILES string of the molecule is C[C@@H]1CCC[C@@H](C)N1C(=O)Cn1nc2c(cc1=O)CCc1nc(N3CCCCC3)ncc1-2. The van der Waals surface area contributed by atoms with Gasteiger partial charge in [-0.05, 0) is 70.8 Å². The predicted molar refractivity (Wildman–Crippen MR) is 123 cm³/mol. The molecule has 0 radical (unpaired) electrons. The number of anilines is 1. The van der Waals surface area contributed by atoms with E-state index in [1.807, 2.05) is 11.1 Å². The molecule has 32 heavy (non-hydrogen) atoms. The van der Waals surface area contributed by atoms with Crippen molar-refractivity contribution in [3.63, 3.8) is 0 Å². The summed E-state index contributed by atoms with van der Waals surface area (Å²) in [4.78, 5) is 39.5. The van der Waals surface area contributed by atoms with Crippen LogP contribution in [-0.4, -0.2) is 55.7 Å². The van der Waals surface area contributed by atoms with Crippen LogP contribution in [0.5, 0.6) is 0 Å². The first-order valence-electron chi connectivity index (χ1n) is 12.0. The predicted octanol–water partition coefficient (Wildman–Crippen LogP) is 2.58. The lowest BCUT2D eigenvalue weighted by Crippen LogP contribution is -2.49. The van der Waals surface area contributed by atoms with Gasteiger partial charge >= 0.3 is 0 Å². The van der Waals surface area contributed by atoms with Crippen LogP contribution in [0.25, 0.3) is 11.3 Å². The highest BCUT2D eigenvalue weighted by Crippen LogP contribution is 2.31. The molecular formula is C24H32N6O2. The molecule has 4 heterocycles. The fourth-order valence-corrected chi connectivity index (χ4v) is 5.47. The maximum atomic E-state index is 13.1. The van der Waals surface area contributed by atoms with Gasteiger partial charge in [-0.25, -0.2) is 14.6 Å². The summed E-state index contributed by atoms with van der Waals surface area (Å²) < 4.78 is 1.32. The molecule has 0 unspecified atom stereocenters. The van der Waals surface area contributed by atoms with Gasteiger partial charge in [-0.3, -0.25) is 9.59 Å². The Kier molecular flexibility index (Phi) is 5.69. The molecule has 1 aliphatic carbocycles. The summed E-state index contributed by atoms with van der Waals surface area (Å²) in [6.07, 6.45) is 10.1. The van der Waals surface area contributed by atoms with Crippen molar-refractivity contribution in [1.29, 1.82) is 0 Å². The number of nitrogens with zero attached hydrogens (tertiary/aromatic N) is 6. The van der Waals surface area contributed by atoms with Crippen LogP contribution < -0.4 is 10.5 Å². The number of hydrogen-bond donors (Lipinski definition) is 0. The molecule has 8 nitrogen and oxygen atoms in total. The number of carbonyl (C=O) groups is 1. The zero-order chi connectivity index (χ0) is 22.2. The van der Waals surface area contributed by atoms with Gasteiger partial charge in [-0.1, -0.05) is 0 Å². The average molecular weight is 437 g/mol. The Hall–Kier alpha value is -2.77. The van der Waals surface area contributed by atoms with Crippen molar-refractivity contribution in [3.8, 4) is 11.3 Å². The maximum Gasteiger partial charge on any atom is 0.267 e. The van der Waals surface area contributed by atoms with E-state index in [0.717, 1.165) is 73.7 Å². The van der Waals surface area contributed by atoms with Crippen molar-refractivity contribution in [3.05, 3.63) is 33.9 Å². The highest BCUT2D eigenvalue weighted by molar-refractivity contribution is 5.77. The second-order valence-corrected chi connectivity index (χ2v) is 9.52. The number of fused-ring (bicyclic) bond motifs is 3. The van der Waals surface area contributed by atoms with Gasteiger partial charge < -0.3 is 9.80 Å². The van der Waals surface area contributed by atoms with Crippen molar-refractivity contribution < 1.29 is 4.79 Å². The van der Waals surface area contributed by atoms with Gasteiger partial charge in [0, 0.05) is 43.0 Å².